The predicted octanol–water partition coefficient (Wildman–Crippen LogP) is 10.4. The number of anilines is 6. The Labute approximate surface area is 314 Å². The zero-order valence-corrected chi connectivity index (χ0v) is 29.3. The third kappa shape index (κ3) is 4.44. The van der Waals surface area contributed by atoms with Crippen molar-refractivity contribution in [2.45, 2.75) is 0 Å². The largest absolute Gasteiger partial charge is 0.311 e. The van der Waals surface area contributed by atoms with Crippen LogP contribution in [0.2, 0.25) is 0 Å². The van der Waals surface area contributed by atoms with Crippen LogP contribution < -0.4 is 26.2 Å². The molecule has 0 saturated heterocycles. The second kappa shape index (κ2) is 11.9. The quantitative estimate of drug-likeness (QED) is 0.173. The molecule has 0 atom stereocenters. The average Bonchev–Trinajstić information content (AvgIpc) is 3.58. The fourth-order valence-electron chi connectivity index (χ4n) is 8.89. The van der Waals surface area contributed by atoms with Crippen molar-refractivity contribution in [3.63, 3.8) is 0 Å². The van der Waals surface area contributed by atoms with Crippen LogP contribution in [-0.2, 0) is 0 Å². The van der Waals surface area contributed by atoms with Crippen LogP contribution in [0.15, 0.2) is 188 Å². The van der Waals surface area contributed by atoms with Gasteiger partial charge in [-0.3, -0.25) is 0 Å². The van der Waals surface area contributed by atoms with Gasteiger partial charge in [-0.15, -0.1) is 0 Å². The lowest BCUT2D eigenvalue weighted by Crippen LogP contribution is -2.61. The fourth-order valence-corrected chi connectivity index (χ4v) is 8.89. The molecule has 0 amide bonds. The van der Waals surface area contributed by atoms with Gasteiger partial charge in [0.15, 0.2) is 0 Å². The van der Waals surface area contributed by atoms with Crippen molar-refractivity contribution in [2.24, 2.45) is 0 Å². The summed E-state index contributed by atoms with van der Waals surface area (Å²) in [6.07, 6.45) is 0. The van der Waals surface area contributed by atoms with E-state index < -0.39 is 0 Å². The van der Waals surface area contributed by atoms with Crippen LogP contribution >= 0.6 is 0 Å². The molecule has 0 fully saturated rings. The van der Waals surface area contributed by atoms with Gasteiger partial charge in [0.2, 0.25) is 0 Å². The number of para-hydroxylation sites is 5. The number of aromatic nitrogens is 1. The first kappa shape index (κ1) is 30.4. The van der Waals surface area contributed by atoms with Gasteiger partial charge in [0, 0.05) is 44.9 Å². The van der Waals surface area contributed by atoms with E-state index in [1.807, 2.05) is 12.1 Å². The summed E-state index contributed by atoms with van der Waals surface area (Å²) in [5, 5.41) is 12.0. The average molecular weight is 687 g/mol. The lowest BCUT2D eigenvalue weighted by Gasteiger charge is -2.44. The maximum atomic E-state index is 9.51. The molecule has 0 radical (unpaired) electrons. The highest BCUT2D eigenvalue weighted by Crippen LogP contribution is 2.46. The first-order chi connectivity index (χ1) is 26.8. The molecule has 0 saturated carbocycles. The van der Waals surface area contributed by atoms with E-state index in [-0.39, 0.29) is 6.71 Å². The maximum Gasteiger partial charge on any atom is 0.252 e. The van der Waals surface area contributed by atoms with Crippen LogP contribution in [0.4, 0.5) is 34.1 Å². The van der Waals surface area contributed by atoms with Crippen LogP contribution in [-0.4, -0.2) is 11.3 Å². The van der Waals surface area contributed by atoms with Gasteiger partial charge < -0.3 is 14.4 Å². The molecule has 0 bridgehead atoms. The molecule has 0 spiro atoms. The summed E-state index contributed by atoms with van der Waals surface area (Å²) in [7, 11) is 0. The molecule has 4 nitrogen and oxygen atoms in total. The van der Waals surface area contributed by atoms with Gasteiger partial charge in [-0.05, 0) is 100 Å². The molecular weight excluding hydrogens is 655 g/mol. The van der Waals surface area contributed by atoms with Crippen LogP contribution in [0.25, 0.3) is 38.6 Å². The minimum Gasteiger partial charge on any atom is -0.311 e. The number of fused-ring (bicyclic) bond motifs is 7. The summed E-state index contributed by atoms with van der Waals surface area (Å²) < 4.78 is 2.44. The molecule has 1 aromatic heterocycles. The lowest BCUT2D eigenvalue weighted by atomic mass is 9.33. The van der Waals surface area contributed by atoms with Gasteiger partial charge in [-0.1, -0.05) is 115 Å². The number of hydrogen-bond acceptors (Lipinski definition) is 3. The highest BCUT2D eigenvalue weighted by Gasteiger charge is 2.43. The minimum atomic E-state index is -0.0216. The third-order valence-electron chi connectivity index (χ3n) is 11.2. The number of rotatable bonds is 4. The molecule has 8 aromatic carbocycles. The Morgan fingerprint density at radius 3 is 1.54 bits per heavy atom. The summed E-state index contributed by atoms with van der Waals surface area (Å²) in [4.78, 5) is 4.92. The fraction of sp³-hybridized carbons (Fsp3) is 0. The van der Waals surface area contributed by atoms with Crippen molar-refractivity contribution < 1.29 is 0 Å². The minimum absolute atomic E-state index is 0.0216. The molecule has 0 unspecified atom stereocenters. The molecule has 5 heteroatoms. The molecule has 9 aromatic rings. The Morgan fingerprint density at radius 2 is 0.926 bits per heavy atom. The van der Waals surface area contributed by atoms with Gasteiger partial charge in [-0.25, -0.2) is 0 Å². The number of benzene rings is 8. The normalized spacial score (nSPS) is 12.7. The second-order valence-corrected chi connectivity index (χ2v) is 14.1. The first-order valence-electron chi connectivity index (χ1n) is 18.4. The molecule has 11 rings (SSSR count). The number of hydrogen-bond donors (Lipinski definition) is 0. The van der Waals surface area contributed by atoms with E-state index in [0.717, 1.165) is 45.3 Å². The Hall–Kier alpha value is -7.29. The van der Waals surface area contributed by atoms with E-state index >= 15 is 0 Å². The summed E-state index contributed by atoms with van der Waals surface area (Å²) in [6.45, 7) is -0.0216. The van der Waals surface area contributed by atoms with Gasteiger partial charge in [0.1, 0.15) is 0 Å². The predicted molar refractivity (Wildman–Crippen MR) is 225 cm³/mol. The van der Waals surface area contributed by atoms with Crippen molar-refractivity contribution in [3.05, 3.63) is 194 Å². The van der Waals surface area contributed by atoms with Crippen LogP contribution in [0.3, 0.4) is 0 Å². The monoisotopic (exact) mass is 686 g/mol. The van der Waals surface area contributed by atoms with Crippen LogP contribution in [0.1, 0.15) is 5.56 Å². The molecule has 3 heterocycles. The summed E-state index contributed by atoms with van der Waals surface area (Å²) in [5.74, 6) is 0. The molecule has 250 valence electrons. The van der Waals surface area contributed by atoms with E-state index in [1.165, 1.54) is 43.9 Å². The summed E-state index contributed by atoms with van der Waals surface area (Å²) >= 11 is 0. The maximum absolute atomic E-state index is 9.51. The molecule has 0 aliphatic carbocycles. The molecule has 54 heavy (non-hydrogen) atoms. The standard InChI is InChI=1S/C49H31BN4/c51-32-33-23-25-34(26-24-33)35-27-28-46-42(29-35)50-41-19-9-12-22-45(41)52(36-13-3-1-4-14-36)47-30-38(31-48(49(47)50)53(46)37-15-5-2-6-16-37)54-43-20-10-7-17-39(43)40-18-8-11-21-44(40)54/h1-31H. The van der Waals surface area contributed by atoms with Crippen molar-refractivity contribution in [2.75, 3.05) is 9.80 Å². The topological polar surface area (TPSA) is 35.2 Å². The van der Waals surface area contributed by atoms with E-state index in [0.29, 0.717) is 5.56 Å². The Morgan fingerprint density at radius 1 is 0.407 bits per heavy atom. The highest BCUT2D eigenvalue weighted by molar-refractivity contribution is 7.00. The van der Waals surface area contributed by atoms with Gasteiger partial charge >= 0.3 is 0 Å². The van der Waals surface area contributed by atoms with Crippen LogP contribution in [0, 0.1) is 11.3 Å². The highest BCUT2D eigenvalue weighted by atomic mass is 15.2. The Balaban J connectivity index is 1.27. The van der Waals surface area contributed by atoms with E-state index in [9.17, 15) is 5.26 Å². The summed E-state index contributed by atoms with van der Waals surface area (Å²) in [5.41, 5.74) is 17.0. The van der Waals surface area contributed by atoms with Gasteiger partial charge in [0.05, 0.1) is 28.4 Å². The van der Waals surface area contributed by atoms with E-state index in [1.54, 1.807) is 0 Å². The Kier molecular flexibility index (Phi) is 6.68. The molecule has 2 aliphatic heterocycles. The van der Waals surface area contributed by atoms with E-state index in [4.69, 9.17) is 0 Å². The molecular formula is C49H31BN4. The van der Waals surface area contributed by atoms with Crippen molar-refractivity contribution in [1.29, 1.82) is 5.26 Å². The molecule has 0 N–H and O–H groups in total. The first-order valence-corrected chi connectivity index (χ1v) is 18.4. The van der Waals surface area contributed by atoms with E-state index in [2.05, 4.69) is 196 Å². The summed E-state index contributed by atoms with van der Waals surface area (Å²) in [6, 6.07) is 69.8. The van der Waals surface area contributed by atoms with Gasteiger partial charge in [0.25, 0.3) is 6.71 Å². The molecule has 2 aliphatic rings. The van der Waals surface area contributed by atoms with Crippen molar-refractivity contribution in [1.82, 2.24) is 4.57 Å². The lowest BCUT2D eigenvalue weighted by molar-refractivity contribution is 1.16. The zero-order valence-electron chi connectivity index (χ0n) is 29.3. The smallest absolute Gasteiger partial charge is 0.252 e. The van der Waals surface area contributed by atoms with Crippen molar-refractivity contribution in [3.8, 4) is 22.9 Å². The zero-order chi connectivity index (χ0) is 35.8. The number of nitriles is 1. The SMILES string of the molecule is N#Cc1ccc(-c2ccc3c(c2)B2c4ccccc4N(c4ccccc4)c4cc(-n5c6ccccc6c6ccccc65)cc(c42)N3c2ccccc2)cc1. The van der Waals surface area contributed by atoms with Crippen molar-refractivity contribution >= 4 is 79.0 Å². The van der Waals surface area contributed by atoms with Crippen LogP contribution in [0.5, 0.6) is 0 Å². The second-order valence-electron chi connectivity index (χ2n) is 14.1. The number of nitrogens with zero attached hydrogens (tertiary/aromatic N) is 4. The third-order valence-corrected chi connectivity index (χ3v) is 11.2. The van der Waals surface area contributed by atoms with Gasteiger partial charge in [-0.2, -0.15) is 5.26 Å². The Bertz CT molecular complexity index is 2890.